The Labute approximate surface area is 128 Å². The molecule has 3 rings (SSSR count). The number of nitrogens with zero attached hydrogens (tertiary/aromatic N) is 1. The summed E-state index contributed by atoms with van der Waals surface area (Å²) < 4.78 is 2.12. The van der Waals surface area contributed by atoms with Gasteiger partial charge in [-0.1, -0.05) is 35.7 Å². The van der Waals surface area contributed by atoms with Crippen LogP contribution >= 0.6 is 23.2 Å². The SMILES string of the molecule is OC1CCCCc2cn(Cc3ccc(Cl)c(Cl)c3)cc21. The van der Waals surface area contributed by atoms with Crippen molar-refractivity contribution >= 4 is 23.2 Å². The highest BCUT2D eigenvalue weighted by molar-refractivity contribution is 6.42. The van der Waals surface area contributed by atoms with E-state index in [-0.39, 0.29) is 6.10 Å². The predicted octanol–water partition coefficient (Wildman–Crippen LogP) is 4.60. The first-order chi connectivity index (χ1) is 9.63. The van der Waals surface area contributed by atoms with E-state index < -0.39 is 0 Å². The van der Waals surface area contributed by atoms with E-state index in [0.717, 1.165) is 43.4 Å². The molecule has 0 aliphatic heterocycles. The molecule has 0 amide bonds. The predicted molar refractivity (Wildman–Crippen MR) is 82.5 cm³/mol. The Bertz CT molecular complexity index is 621. The number of aliphatic hydroxyl groups is 1. The molecule has 2 nitrogen and oxygen atoms in total. The van der Waals surface area contributed by atoms with Gasteiger partial charge in [0.25, 0.3) is 0 Å². The molecule has 1 atom stereocenters. The standard InChI is InChI=1S/C16H17Cl2NO/c17-14-6-5-11(7-15(14)18)8-19-9-12-3-1-2-4-16(20)13(12)10-19/h5-7,9-10,16,20H,1-4,8H2. The van der Waals surface area contributed by atoms with Crippen molar-refractivity contribution in [3.05, 3.63) is 57.3 Å². The molecule has 2 aromatic rings. The third kappa shape index (κ3) is 2.88. The lowest BCUT2D eigenvalue weighted by Gasteiger charge is -2.07. The number of rotatable bonds is 2. The molecule has 1 aromatic heterocycles. The number of aryl methyl sites for hydroxylation is 1. The maximum Gasteiger partial charge on any atom is 0.0807 e. The minimum absolute atomic E-state index is 0.317. The van der Waals surface area contributed by atoms with Crippen molar-refractivity contribution in [2.45, 2.75) is 38.3 Å². The number of aromatic nitrogens is 1. The summed E-state index contributed by atoms with van der Waals surface area (Å²) >= 11 is 12.0. The smallest absolute Gasteiger partial charge is 0.0807 e. The summed E-state index contributed by atoms with van der Waals surface area (Å²) in [6, 6.07) is 5.70. The maximum absolute atomic E-state index is 10.1. The van der Waals surface area contributed by atoms with Crippen molar-refractivity contribution in [3.63, 3.8) is 0 Å². The number of fused-ring (bicyclic) bond motifs is 1. The average molecular weight is 310 g/mol. The molecule has 1 aromatic carbocycles. The summed E-state index contributed by atoms with van der Waals surface area (Å²) in [5.74, 6) is 0. The normalized spacial score (nSPS) is 18.6. The first-order valence-corrected chi connectivity index (χ1v) is 7.69. The molecular formula is C16H17Cl2NO. The van der Waals surface area contributed by atoms with Crippen LogP contribution in [0.2, 0.25) is 10.0 Å². The van der Waals surface area contributed by atoms with Gasteiger partial charge in [0.1, 0.15) is 0 Å². The zero-order valence-corrected chi connectivity index (χ0v) is 12.7. The van der Waals surface area contributed by atoms with Gasteiger partial charge in [0.15, 0.2) is 0 Å². The fourth-order valence-corrected chi connectivity index (χ4v) is 3.15. The highest BCUT2D eigenvalue weighted by Crippen LogP contribution is 2.30. The number of hydrogen-bond acceptors (Lipinski definition) is 1. The van der Waals surface area contributed by atoms with Crippen LogP contribution in [0.1, 0.15) is 42.1 Å². The van der Waals surface area contributed by atoms with Gasteiger partial charge in [-0.05, 0) is 42.5 Å². The van der Waals surface area contributed by atoms with Crippen molar-refractivity contribution in [1.29, 1.82) is 0 Å². The topological polar surface area (TPSA) is 25.2 Å². The monoisotopic (exact) mass is 309 g/mol. The van der Waals surface area contributed by atoms with Gasteiger partial charge in [-0.25, -0.2) is 0 Å². The Morgan fingerprint density at radius 3 is 2.80 bits per heavy atom. The van der Waals surface area contributed by atoms with Crippen molar-refractivity contribution < 1.29 is 5.11 Å². The molecule has 0 spiro atoms. The van der Waals surface area contributed by atoms with Gasteiger partial charge < -0.3 is 9.67 Å². The average Bonchev–Trinajstić information content (AvgIpc) is 2.74. The molecule has 1 aliphatic rings. The first kappa shape index (κ1) is 14.0. The highest BCUT2D eigenvalue weighted by Gasteiger charge is 2.18. The highest BCUT2D eigenvalue weighted by atomic mass is 35.5. The van der Waals surface area contributed by atoms with Crippen molar-refractivity contribution in [2.75, 3.05) is 0 Å². The van der Waals surface area contributed by atoms with Crippen molar-refractivity contribution in [3.8, 4) is 0 Å². The van der Waals surface area contributed by atoms with E-state index in [1.165, 1.54) is 5.56 Å². The molecule has 1 aliphatic carbocycles. The first-order valence-electron chi connectivity index (χ1n) is 6.94. The second-order valence-electron chi connectivity index (χ2n) is 5.42. The van der Waals surface area contributed by atoms with Crippen LogP contribution in [0, 0.1) is 0 Å². The van der Waals surface area contributed by atoms with Gasteiger partial charge in [-0.15, -0.1) is 0 Å². The summed E-state index contributed by atoms with van der Waals surface area (Å²) in [5, 5.41) is 11.3. The van der Waals surface area contributed by atoms with Crippen LogP contribution in [0.25, 0.3) is 0 Å². The Kier molecular flexibility index (Phi) is 4.06. The Morgan fingerprint density at radius 1 is 1.15 bits per heavy atom. The van der Waals surface area contributed by atoms with E-state index in [4.69, 9.17) is 23.2 Å². The van der Waals surface area contributed by atoms with E-state index in [2.05, 4.69) is 17.0 Å². The van der Waals surface area contributed by atoms with Gasteiger partial charge in [-0.3, -0.25) is 0 Å². The molecule has 106 valence electrons. The molecule has 0 fully saturated rings. The summed E-state index contributed by atoms with van der Waals surface area (Å²) in [6.45, 7) is 0.747. The summed E-state index contributed by atoms with van der Waals surface area (Å²) in [4.78, 5) is 0. The zero-order valence-electron chi connectivity index (χ0n) is 11.1. The van der Waals surface area contributed by atoms with Gasteiger partial charge in [0.05, 0.1) is 16.1 Å². The van der Waals surface area contributed by atoms with Crippen LogP contribution in [0.15, 0.2) is 30.6 Å². The van der Waals surface area contributed by atoms with Crippen LogP contribution in [0.3, 0.4) is 0 Å². The fourth-order valence-electron chi connectivity index (χ4n) is 2.83. The number of hydrogen-bond donors (Lipinski definition) is 1. The molecule has 0 radical (unpaired) electrons. The molecule has 0 saturated heterocycles. The Morgan fingerprint density at radius 2 is 2.00 bits per heavy atom. The zero-order chi connectivity index (χ0) is 14.1. The van der Waals surface area contributed by atoms with Crippen LogP contribution in [0.4, 0.5) is 0 Å². The fraction of sp³-hybridized carbons (Fsp3) is 0.375. The molecule has 0 saturated carbocycles. The molecule has 1 unspecified atom stereocenters. The molecule has 1 N–H and O–H groups in total. The van der Waals surface area contributed by atoms with Crippen molar-refractivity contribution in [1.82, 2.24) is 4.57 Å². The lowest BCUT2D eigenvalue weighted by atomic mass is 10.1. The number of aliphatic hydroxyl groups excluding tert-OH is 1. The third-order valence-electron chi connectivity index (χ3n) is 3.88. The minimum Gasteiger partial charge on any atom is -0.388 e. The van der Waals surface area contributed by atoms with E-state index in [9.17, 15) is 5.11 Å². The quantitative estimate of drug-likeness (QED) is 0.806. The molecule has 4 heteroatoms. The Hall–Kier alpha value is -0.960. The van der Waals surface area contributed by atoms with Gasteiger partial charge in [0, 0.05) is 24.5 Å². The van der Waals surface area contributed by atoms with Crippen molar-refractivity contribution in [2.24, 2.45) is 0 Å². The summed E-state index contributed by atoms with van der Waals surface area (Å²) in [7, 11) is 0. The lowest BCUT2D eigenvalue weighted by molar-refractivity contribution is 0.166. The second-order valence-corrected chi connectivity index (χ2v) is 6.24. The molecule has 0 bridgehead atoms. The van der Waals surface area contributed by atoms with E-state index in [0.29, 0.717) is 10.0 Å². The maximum atomic E-state index is 10.1. The molecule has 20 heavy (non-hydrogen) atoms. The molecule has 1 heterocycles. The second kappa shape index (κ2) is 5.80. The summed E-state index contributed by atoms with van der Waals surface area (Å²) in [5.41, 5.74) is 3.47. The van der Waals surface area contributed by atoms with Crippen LogP contribution in [0.5, 0.6) is 0 Å². The van der Waals surface area contributed by atoms with Crippen LogP contribution < -0.4 is 0 Å². The van der Waals surface area contributed by atoms with E-state index in [1.54, 1.807) is 0 Å². The van der Waals surface area contributed by atoms with Crippen LogP contribution in [-0.4, -0.2) is 9.67 Å². The third-order valence-corrected chi connectivity index (χ3v) is 4.62. The number of benzene rings is 1. The van der Waals surface area contributed by atoms with E-state index in [1.807, 2.05) is 18.2 Å². The molecular weight excluding hydrogens is 293 g/mol. The van der Waals surface area contributed by atoms with Gasteiger partial charge in [-0.2, -0.15) is 0 Å². The van der Waals surface area contributed by atoms with E-state index >= 15 is 0 Å². The summed E-state index contributed by atoms with van der Waals surface area (Å²) in [6.07, 6.45) is 8.07. The largest absolute Gasteiger partial charge is 0.388 e. The Balaban J connectivity index is 1.84. The van der Waals surface area contributed by atoms with Crippen LogP contribution in [-0.2, 0) is 13.0 Å². The lowest BCUT2D eigenvalue weighted by Crippen LogP contribution is -1.98. The minimum atomic E-state index is -0.317. The van der Waals surface area contributed by atoms with Gasteiger partial charge in [0.2, 0.25) is 0 Å². The number of halogens is 2. The van der Waals surface area contributed by atoms with Gasteiger partial charge >= 0.3 is 0 Å².